The van der Waals surface area contributed by atoms with E-state index < -0.39 is 3.79 Å². The molecule has 0 spiro atoms. The van der Waals surface area contributed by atoms with E-state index in [4.69, 9.17) is 51.7 Å². The normalized spacial score (nSPS) is 11.0. The maximum Gasteiger partial charge on any atom is 0.217 e. The van der Waals surface area contributed by atoms with Crippen molar-refractivity contribution in [3.63, 3.8) is 0 Å². The summed E-state index contributed by atoms with van der Waals surface area (Å²) in [4.78, 5) is 0. The van der Waals surface area contributed by atoms with Crippen LogP contribution in [0.3, 0.4) is 0 Å². The van der Waals surface area contributed by atoms with Gasteiger partial charge in [0.25, 0.3) is 0 Å². The molecule has 0 radical (unpaired) electrons. The van der Waals surface area contributed by atoms with Crippen molar-refractivity contribution in [1.29, 1.82) is 5.26 Å². The van der Waals surface area contributed by atoms with Crippen LogP contribution >= 0.6 is 46.4 Å². The summed E-state index contributed by atoms with van der Waals surface area (Å²) in [5.74, 6) is 0. The summed E-state index contributed by atoms with van der Waals surface area (Å²) in [5.41, 5.74) is 0.807. The minimum atomic E-state index is -1.55. The SMILES string of the molecule is N#Cc1ccc(C(Cl)(Cl)Cl)c(Cl)c1. The Labute approximate surface area is 95.8 Å². The van der Waals surface area contributed by atoms with Crippen molar-refractivity contribution in [2.75, 3.05) is 0 Å². The van der Waals surface area contributed by atoms with Crippen LogP contribution in [0.2, 0.25) is 5.02 Å². The topological polar surface area (TPSA) is 23.8 Å². The van der Waals surface area contributed by atoms with Crippen LogP contribution in [0.4, 0.5) is 0 Å². The third-order valence-electron chi connectivity index (χ3n) is 1.40. The minimum absolute atomic E-state index is 0.277. The summed E-state index contributed by atoms with van der Waals surface area (Å²) in [7, 11) is 0. The van der Waals surface area contributed by atoms with Crippen molar-refractivity contribution in [2.45, 2.75) is 3.79 Å². The van der Waals surface area contributed by atoms with E-state index in [0.717, 1.165) is 0 Å². The molecule has 0 aliphatic rings. The predicted octanol–water partition coefficient (Wildman–Crippen LogP) is 4.04. The Hall–Kier alpha value is -0.130. The van der Waals surface area contributed by atoms with Gasteiger partial charge in [0.2, 0.25) is 3.79 Å². The van der Waals surface area contributed by atoms with Crippen LogP contribution in [-0.2, 0) is 3.79 Å². The molecule has 0 aromatic heterocycles. The van der Waals surface area contributed by atoms with Crippen molar-refractivity contribution in [1.82, 2.24) is 0 Å². The highest BCUT2D eigenvalue weighted by atomic mass is 35.6. The molecule has 68 valence electrons. The largest absolute Gasteiger partial charge is 0.217 e. The molecule has 0 aliphatic heterocycles. The lowest BCUT2D eigenvalue weighted by Crippen LogP contribution is -2.00. The molecule has 13 heavy (non-hydrogen) atoms. The maximum atomic E-state index is 8.55. The standard InChI is InChI=1S/C8H3Cl4N/c9-7-3-5(4-13)1-2-6(7)8(10,11)12/h1-3H. The predicted molar refractivity (Wildman–Crippen MR) is 55.4 cm³/mol. The molecule has 0 heterocycles. The van der Waals surface area contributed by atoms with Crippen LogP contribution in [0.25, 0.3) is 0 Å². The highest BCUT2D eigenvalue weighted by Gasteiger charge is 2.25. The molecule has 1 aromatic carbocycles. The molecule has 0 atom stereocenters. The smallest absolute Gasteiger partial charge is 0.192 e. The van der Waals surface area contributed by atoms with Crippen molar-refractivity contribution < 1.29 is 0 Å². The number of rotatable bonds is 0. The third kappa shape index (κ3) is 2.65. The van der Waals surface area contributed by atoms with Gasteiger partial charge in [0.1, 0.15) is 0 Å². The maximum absolute atomic E-state index is 8.55. The number of alkyl halides is 3. The number of halogens is 4. The van der Waals surface area contributed by atoms with Crippen molar-refractivity contribution >= 4 is 46.4 Å². The van der Waals surface area contributed by atoms with Gasteiger partial charge in [-0.3, -0.25) is 0 Å². The molecule has 0 amide bonds. The molecular weight excluding hydrogens is 252 g/mol. The van der Waals surface area contributed by atoms with Crippen LogP contribution in [0.15, 0.2) is 18.2 Å². The Kier molecular flexibility index (Phi) is 3.32. The first-order chi connectivity index (χ1) is 5.95. The van der Waals surface area contributed by atoms with E-state index in [0.29, 0.717) is 11.1 Å². The molecule has 0 N–H and O–H groups in total. The van der Waals surface area contributed by atoms with Gasteiger partial charge in [-0.25, -0.2) is 0 Å². The molecule has 0 saturated carbocycles. The number of benzene rings is 1. The Morgan fingerprint density at radius 3 is 2.23 bits per heavy atom. The Morgan fingerprint density at radius 2 is 1.85 bits per heavy atom. The first-order valence-corrected chi connectivity index (χ1v) is 4.73. The first-order valence-electron chi connectivity index (χ1n) is 3.22. The van der Waals surface area contributed by atoms with Crippen LogP contribution in [0.1, 0.15) is 11.1 Å². The van der Waals surface area contributed by atoms with E-state index in [2.05, 4.69) is 0 Å². The molecule has 1 aromatic rings. The van der Waals surface area contributed by atoms with Gasteiger partial charge < -0.3 is 0 Å². The molecule has 0 unspecified atom stereocenters. The van der Waals surface area contributed by atoms with Crippen LogP contribution < -0.4 is 0 Å². The highest BCUT2D eigenvalue weighted by Crippen LogP contribution is 2.41. The second kappa shape index (κ2) is 3.94. The second-order valence-electron chi connectivity index (χ2n) is 2.30. The molecule has 0 aliphatic carbocycles. The quantitative estimate of drug-likeness (QED) is 0.641. The lowest BCUT2D eigenvalue weighted by Gasteiger charge is -2.12. The van der Waals surface area contributed by atoms with Crippen LogP contribution in [0.5, 0.6) is 0 Å². The van der Waals surface area contributed by atoms with Crippen LogP contribution in [-0.4, -0.2) is 0 Å². The summed E-state index contributed by atoms with van der Waals surface area (Å²) in [6.45, 7) is 0. The molecule has 5 heteroatoms. The van der Waals surface area contributed by atoms with Gasteiger partial charge in [-0.2, -0.15) is 5.26 Å². The average Bonchev–Trinajstić information content (AvgIpc) is 2.01. The van der Waals surface area contributed by atoms with Gasteiger partial charge >= 0.3 is 0 Å². The number of nitriles is 1. The minimum Gasteiger partial charge on any atom is -0.192 e. The molecule has 0 saturated heterocycles. The fourth-order valence-electron chi connectivity index (χ4n) is 0.815. The fraction of sp³-hybridized carbons (Fsp3) is 0.125. The van der Waals surface area contributed by atoms with E-state index in [1.165, 1.54) is 12.1 Å². The molecule has 1 rings (SSSR count). The van der Waals surface area contributed by atoms with Gasteiger partial charge in [-0.05, 0) is 12.1 Å². The monoisotopic (exact) mass is 253 g/mol. The zero-order valence-corrected chi connectivity index (χ0v) is 9.21. The lowest BCUT2D eigenvalue weighted by atomic mass is 10.2. The van der Waals surface area contributed by atoms with E-state index in [1.807, 2.05) is 6.07 Å². The van der Waals surface area contributed by atoms with Crippen molar-refractivity contribution in [3.8, 4) is 6.07 Å². The summed E-state index contributed by atoms with van der Waals surface area (Å²) in [6.07, 6.45) is 0. The van der Waals surface area contributed by atoms with Gasteiger partial charge in [0, 0.05) is 10.6 Å². The zero-order valence-electron chi connectivity index (χ0n) is 6.19. The van der Waals surface area contributed by atoms with Gasteiger partial charge in [0.15, 0.2) is 0 Å². The first kappa shape index (κ1) is 10.9. The molecule has 1 nitrogen and oxygen atoms in total. The lowest BCUT2D eigenvalue weighted by molar-refractivity contribution is 1.24. The Bertz CT molecular complexity index is 361. The zero-order chi connectivity index (χ0) is 10.1. The molecule has 0 fully saturated rings. The van der Waals surface area contributed by atoms with E-state index in [9.17, 15) is 0 Å². The summed E-state index contributed by atoms with van der Waals surface area (Å²) >= 11 is 22.7. The molecular formula is C8H3Cl4N. The van der Waals surface area contributed by atoms with Gasteiger partial charge in [-0.1, -0.05) is 52.5 Å². The summed E-state index contributed by atoms with van der Waals surface area (Å²) in [6, 6.07) is 6.46. The Morgan fingerprint density at radius 1 is 1.23 bits per heavy atom. The fourth-order valence-corrected chi connectivity index (χ4v) is 1.78. The summed E-state index contributed by atoms with van der Waals surface area (Å²) < 4.78 is -1.55. The second-order valence-corrected chi connectivity index (χ2v) is 4.99. The highest BCUT2D eigenvalue weighted by molar-refractivity contribution is 6.67. The molecule has 0 bridgehead atoms. The Balaban J connectivity index is 3.23. The van der Waals surface area contributed by atoms with Gasteiger partial charge in [0.05, 0.1) is 11.6 Å². The third-order valence-corrected chi connectivity index (χ3v) is 2.33. The number of hydrogen-bond donors (Lipinski definition) is 0. The van der Waals surface area contributed by atoms with Crippen molar-refractivity contribution in [3.05, 3.63) is 34.3 Å². The van der Waals surface area contributed by atoms with E-state index >= 15 is 0 Å². The summed E-state index contributed by atoms with van der Waals surface area (Å²) in [5, 5.41) is 8.83. The van der Waals surface area contributed by atoms with Gasteiger partial charge in [-0.15, -0.1) is 0 Å². The average molecular weight is 255 g/mol. The van der Waals surface area contributed by atoms with Crippen LogP contribution in [0, 0.1) is 11.3 Å². The van der Waals surface area contributed by atoms with E-state index in [1.54, 1.807) is 6.07 Å². The number of nitrogens with zero attached hydrogens (tertiary/aromatic N) is 1. The van der Waals surface area contributed by atoms with Crippen molar-refractivity contribution in [2.24, 2.45) is 0 Å². The number of hydrogen-bond acceptors (Lipinski definition) is 1. The van der Waals surface area contributed by atoms with E-state index in [-0.39, 0.29) is 5.02 Å².